The molecule has 0 aliphatic heterocycles. The highest BCUT2D eigenvalue weighted by Gasteiger charge is 2.15. The molecule has 2 heterocycles. The number of nitrogens with zero attached hydrogens (tertiary/aromatic N) is 1. The minimum Gasteiger partial charge on any atom is -0.306 e. The third-order valence-corrected chi connectivity index (χ3v) is 5.03. The van der Waals surface area contributed by atoms with Gasteiger partial charge in [-0.05, 0) is 29.8 Å². The molecule has 0 bridgehead atoms. The Balaban J connectivity index is 2.05. The molecule has 2 aromatic heterocycles. The van der Waals surface area contributed by atoms with E-state index in [2.05, 4.69) is 16.5 Å². The van der Waals surface area contributed by atoms with Gasteiger partial charge in [-0.15, -0.1) is 11.3 Å². The molecule has 4 heteroatoms. The maximum absolute atomic E-state index is 11.6. The third kappa shape index (κ3) is 1.89. The summed E-state index contributed by atoms with van der Waals surface area (Å²) in [4.78, 5) is 12.6. The standard InChI is InChI=1S/C17H10ClNOS/c18-12-7-5-11(6-8-12)13-9-19-15-3-1-2-4-16(15)21-17(19)14(13)10-20/h1-10H. The second-order valence-electron chi connectivity index (χ2n) is 4.83. The Kier molecular flexibility index (Phi) is 2.84. The number of hydrogen-bond acceptors (Lipinski definition) is 2. The van der Waals surface area contributed by atoms with E-state index in [1.54, 1.807) is 11.3 Å². The van der Waals surface area contributed by atoms with Gasteiger partial charge in [0.05, 0.1) is 15.8 Å². The summed E-state index contributed by atoms with van der Waals surface area (Å²) < 4.78 is 3.27. The van der Waals surface area contributed by atoms with E-state index in [0.717, 1.165) is 33.3 Å². The summed E-state index contributed by atoms with van der Waals surface area (Å²) >= 11 is 7.57. The highest BCUT2D eigenvalue weighted by atomic mass is 35.5. The molecule has 4 aromatic rings. The molecule has 0 atom stereocenters. The quantitative estimate of drug-likeness (QED) is 0.461. The van der Waals surface area contributed by atoms with Gasteiger partial charge in [0.15, 0.2) is 6.29 Å². The van der Waals surface area contributed by atoms with Gasteiger partial charge in [-0.1, -0.05) is 35.9 Å². The zero-order valence-corrected chi connectivity index (χ0v) is 12.5. The monoisotopic (exact) mass is 311 g/mol. The SMILES string of the molecule is O=Cc1c(-c2ccc(Cl)cc2)cn2c1sc1ccccc12. The van der Waals surface area contributed by atoms with Crippen molar-refractivity contribution in [2.45, 2.75) is 0 Å². The van der Waals surface area contributed by atoms with Crippen LogP contribution in [0, 0.1) is 0 Å². The minimum atomic E-state index is 0.692. The highest BCUT2D eigenvalue weighted by Crippen LogP contribution is 2.35. The topological polar surface area (TPSA) is 21.5 Å². The Hall–Kier alpha value is -2.10. The van der Waals surface area contributed by atoms with E-state index in [1.165, 1.54) is 4.70 Å². The van der Waals surface area contributed by atoms with Crippen LogP contribution in [0.25, 0.3) is 26.2 Å². The van der Waals surface area contributed by atoms with Gasteiger partial charge in [-0.25, -0.2) is 0 Å². The fourth-order valence-electron chi connectivity index (χ4n) is 2.61. The van der Waals surface area contributed by atoms with Crippen molar-refractivity contribution in [1.82, 2.24) is 4.40 Å². The number of aldehydes is 1. The van der Waals surface area contributed by atoms with Crippen LogP contribution in [0.1, 0.15) is 10.4 Å². The summed E-state index contributed by atoms with van der Waals surface area (Å²) in [5.74, 6) is 0. The van der Waals surface area contributed by atoms with Gasteiger partial charge >= 0.3 is 0 Å². The van der Waals surface area contributed by atoms with Gasteiger partial charge < -0.3 is 4.40 Å². The Morgan fingerprint density at radius 1 is 1.05 bits per heavy atom. The predicted molar refractivity (Wildman–Crippen MR) is 88.6 cm³/mol. The fourth-order valence-corrected chi connectivity index (χ4v) is 3.87. The number of aromatic nitrogens is 1. The van der Waals surface area contributed by atoms with Crippen molar-refractivity contribution in [3.63, 3.8) is 0 Å². The summed E-state index contributed by atoms with van der Waals surface area (Å²) in [5.41, 5.74) is 3.81. The molecule has 0 radical (unpaired) electrons. The Morgan fingerprint density at radius 3 is 2.57 bits per heavy atom. The van der Waals surface area contributed by atoms with Crippen LogP contribution in [0.4, 0.5) is 0 Å². The number of carbonyl (C=O) groups is 1. The molecule has 0 spiro atoms. The molecule has 0 N–H and O–H groups in total. The molecule has 0 saturated heterocycles. The minimum absolute atomic E-state index is 0.692. The normalized spacial score (nSPS) is 11.3. The summed E-state index contributed by atoms with van der Waals surface area (Å²) in [7, 11) is 0. The van der Waals surface area contributed by atoms with Gasteiger partial charge in [0.2, 0.25) is 0 Å². The summed E-state index contributed by atoms with van der Waals surface area (Å²) in [6.45, 7) is 0. The van der Waals surface area contributed by atoms with Crippen LogP contribution < -0.4 is 0 Å². The van der Waals surface area contributed by atoms with E-state index in [0.29, 0.717) is 5.02 Å². The molecule has 0 saturated carbocycles. The van der Waals surface area contributed by atoms with Crippen LogP contribution in [-0.2, 0) is 0 Å². The second-order valence-corrected chi connectivity index (χ2v) is 6.29. The molecule has 21 heavy (non-hydrogen) atoms. The average Bonchev–Trinajstić information content (AvgIpc) is 3.03. The molecule has 2 nitrogen and oxygen atoms in total. The van der Waals surface area contributed by atoms with Crippen molar-refractivity contribution in [2.75, 3.05) is 0 Å². The number of rotatable bonds is 2. The van der Waals surface area contributed by atoms with Gasteiger partial charge in [-0.3, -0.25) is 4.79 Å². The van der Waals surface area contributed by atoms with Gasteiger partial charge in [-0.2, -0.15) is 0 Å². The molecule has 0 aliphatic carbocycles. The Bertz CT molecular complexity index is 966. The number of fused-ring (bicyclic) bond motifs is 3. The van der Waals surface area contributed by atoms with Crippen molar-refractivity contribution in [2.24, 2.45) is 0 Å². The van der Waals surface area contributed by atoms with Crippen LogP contribution in [0.3, 0.4) is 0 Å². The highest BCUT2D eigenvalue weighted by molar-refractivity contribution is 7.24. The first kappa shape index (κ1) is 12.6. The number of para-hydroxylation sites is 1. The van der Waals surface area contributed by atoms with Crippen molar-refractivity contribution in [1.29, 1.82) is 0 Å². The summed E-state index contributed by atoms with van der Waals surface area (Å²) in [6, 6.07) is 15.7. The maximum Gasteiger partial charge on any atom is 0.153 e. The third-order valence-electron chi connectivity index (χ3n) is 3.60. The van der Waals surface area contributed by atoms with Crippen molar-refractivity contribution >= 4 is 44.3 Å². The number of benzene rings is 2. The predicted octanol–water partition coefficient (Wildman–Crippen LogP) is 5.29. The molecule has 2 aromatic carbocycles. The van der Waals surface area contributed by atoms with Crippen molar-refractivity contribution in [3.8, 4) is 11.1 Å². The van der Waals surface area contributed by atoms with Crippen LogP contribution in [0.2, 0.25) is 5.02 Å². The van der Waals surface area contributed by atoms with Crippen LogP contribution >= 0.6 is 22.9 Å². The summed E-state index contributed by atoms with van der Waals surface area (Å²) in [5, 5.41) is 0.692. The van der Waals surface area contributed by atoms with E-state index in [1.807, 2.05) is 42.6 Å². The number of halogens is 1. The van der Waals surface area contributed by atoms with E-state index < -0.39 is 0 Å². The van der Waals surface area contributed by atoms with Gasteiger partial charge in [0.1, 0.15) is 4.83 Å². The van der Waals surface area contributed by atoms with E-state index in [9.17, 15) is 4.79 Å². The first-order chi connectivity index (χ1) is 10.3. The van der Waals surface area contributed by atoms with E-state index >= 15 is 0 Å². The molecule has 4 rings (SSSR count). The average molecular weight is 312 g/mol. The van der Waals surface area contributed by atoms with Crippen LogP contribution in [0.5, 0.6) is 0 Å². The Labute approximate surface area is 130 Å². The molecular weight excluding hydrogens is 302 g/mol. The van der Waals surface area contributed by atoms with E-state index in [-0.39, 0.29) is 0 Å². The Morgan fingerprint density at radius 2 is 1.81 bits per heavy atom. The lowest BCUT2D eigenvalue weighted by atomic mass is 10.1. The number of carbonyl (C=O) groups excluding carboxylic acids is 1. The maximum atomic E-state index is 11.6. The van der Waals surface area contributed by atoms with E-state index in [4.69, 9.17) is 11.6 Å². The first-order valence-electron chi connectivity index (χ1n) is 6.51. The molecule has 0 amide bonds. The molecular formula is C17H10ClNOS. The molecule has 0 aliphatic rings. The zero-order valence-electron chi connectivity index (χ0n) is 10.9. The van der Waals surface area contributed by atoms with Crippen LogP contribution in [-0.4, -0.2) is 10.7 Å². The lowest BCUT2D eigenvalue weighted by Crippen LogP contribution is -1.81. The first-order valence-corrected chi connectivity index (χ1v) is 7.71. The van der Waals surface area contributed by atoms with Crippen LogP contribution in [0.15, 0.2) is 54.7 Å². The van der Waals surface area contributed by atoms with Crippen molar-refractivity contribution < 1.29 is 4.79 Å². The largest absolute Gasteiger partial charge is 0.306 e. The van der Waals surface area contributed by atoms with Gasteiger partial charge in [0, 0.05) is 16.8 Å². The number of thiazole rings is 1. The molecule has 0 fully saturated rings. The summed E-state index contributed by atoms with van der Waals surface area (Å²) in [6.07, 6.45) is 2.97. The zero-order chi connectivity index (χ0) is 14.4. The molecule has 102 valence electrons. The molecule has 0 unspecified atom stereocenters. The number of hydrogen-bond donors (Lipinski definition) is 0. The fraction of sp³-hybridized carbons (Fsp3) is 0. The smallest absolute Gasteiger partial charge is 0.153 e. The lowest BCUT2D eigenvalue weighted by Gasteiger charge is -1.99. The van der Waals surface area contributed by atoms with Crippen molar-refractivity contribution in [3.05, 3.63) is 65.3 Å². The lowest BCUT2D eigenvalue weighted by molar-refractivity contribution is 0.112. The van der Waals surface area contributed by atoms with Gasteiger partial charge in [0.25, 0.3) is 0 Å². The second kappa shape index (κ2) is 4.72.